The van der Waals surface area contributed by atoms with Crippen LogP contribution in [0.1, 0.15) is 44.7 Å². The summed E-state index contributed by atoms with van der Waals surface area (Å²) in [6.07, 6.45) is 4.73. The van der Waals surface area contributed by atoms with Crippen molar-refractivity contribution in [1.29, 1.82) is 5.41 Å². The minimum absolute atomic E-state index is 0.139. The second-order valence-corrected chi connectivity index (χ2v) is 11.2. The van der Waals surface area contributed by atoms with Gasteiger partial charge in [-0.3, -0.25) is 9.52 Å². The maximum atomic E-state index is 14.4. The molecule has 0 saturated heterocycles. The molecule has 0 amide bonds. The van der Waals surface area contributed by atoms with Crippen molar-refractivity contribution in [3.63, 3.8) is 0 Å². The molecular formula is C27H31F2N3O4S. The van der Waals surface area contributed by atoms with E-state index in [9.17, 15) is 22.0 Å². The van der Waals surface area contributed by atoms with Crippen LogP contribution >= 0.6 is 0 Å². The average Bonchev–Trinajstić information content (AvgIpc) is 2.83. The maximum Gasteiger partial charge on any atom is 0.254 e. The summed E-state index contributed by atoms with van der Waals surface area (Å²) in [7, 11) is -2.01. The first-order valence-corrected chi connectivity index (χ1v) is 13.6. The van der Waals surface area contributed by atoms with E-state index in [1.807, 2.05) is 0 Å². The number of ether oxygens (including phenoxy) is 1. The number of halogens is 2. The van der Waals surface area contributed by atoms with Gasteiger partial charge in [-0.1, -0.05) is 20.3 Å². The smallest absolute Gasteiger partial charge is 0.254 e. The Balaban J connectivity index is 2.23. The van der Waals surface area contributed by atoms with Crippen molar-refractivity contribution in [3.8, 4) is 22.6 Å². The third kappa shape index (κ3) is 6.82. The lowest BCUT2D eigenvalue weighted by Gasteiger charge is -2.18. The molecule has 0 fully saturated rings. The molecule has 0 aliphatic rings. The fourth-order valence-electron chi connectivity index (χ4n) is 3.94. The van der Waals surface area contributed by atoms with E-state index in [2.05, 4.69) is 18.6 Å². The number of hydrogen-bond acceptors (Lipinski definition) is 5. The molecule has 198 valence electrons. The Kier molecular flexibility index (Phi) is 8.85. The molecule has 0 bridgehead atoms. The number of aryl methyl sites for hydroxylation is 1. The molecule has 0 unspecified atom stereocenters. The number of pyridine rings is 1. The van der Waals surface area contributed by atoms with Crippen molar-refractivity contribution in [2.45, 2.75) is 40.0 Å². The van der Waals surface area contributed by atoms with Gasteiger partial charge < -0.3 is 14.7 Å². The first-order chi connectivity index (χ1) is 17.5. The summed E-state index contributed by atoms with van der Waals surface area (Å²) in [5.74, 6) is -1.46. The van der Waals surface area contributed by atoms with Crippen LogP contribution in [0, 0.1) is 23.0 Å². The number of sulfonamides is 1. The van der Waals surface area contributed by atoms with E-state index < -0.39 is 21.7 Å². The minimum Gasteiger partial charge on any atom is -0.454 e. The van der Waals surface area contributed by atoms with Crippen molar-refractivity contribution in [2.24, 2.45) is 13.0 Å². The molecule has 0 spiro atoms. The van der Waals surface area contributed by atoms with Crippen molar-refractivity contribution < 1.29 is 21.9 Å². The molecule has 0 aliphatic carbocycles. The summed E-state index contributed by atoms with van der Waals surface area (Å²) < 4.78 is 61.9. The molecule has 0 aliphatic heterocycles. The van der Waals surface area contributed by atoms with Crippen LogP contribution in [0.2, 0.25) is 0 Å². The molecule has 10 heteroatoms. The van der Waals surface area contributed by atoms with Crippen LogP contribution in [-0.4, -0.2) is 25.0 Å². The van der Waals surface area contributed by atoms with Crippen LogP contribution in [0.25, 0.3) is 11.1 Å². The molecule has 3 rings (SSSR count). The first-order valence-electron chi connectivity index (χ1n) is 12.0. The number of hydrogen-bond donors (Lipinski definition) is 2. The Bertz CT molecular complexity index is 1470. The zero-order valence-electron chi connectivity index (χ0n) is 21.3. The topological polar surface area (TPSA) is 101 Å². The highest BCUT2D eigenvalue weighted by Gasteiger charge is 2.20. The lowest BCUT2D eigenvalue weighted by Crippen LogP contribution is -2.24. The number of anilines is 1. The number of nitrogens with zero attached hydrogens (tertiary/aromatic N) is 1. The predicted octanol–water partition coefficient (Wildman–Crippen LogP) is 5.86. The van der Waals surface area contributed by atoms with Gasteiger partial charge in [0.25, 0.3) is 5.56 Å². The number of nitrogens with one attached hydrogen (secondary N) is 2. The van der Waals surface area contributed by atoms with Gasteiger partial charge in [0.1, 0.15) is 11.6 Å². The van der Waals surface area contributed by atoms with Crippen molar-refractivity contribution >= 4 is 21.9 Å². The minimum atomic E-state index is -3.61. The first kappa shape index (κ1) is 28.0. The maximum absolute atomic E-state index is 14.4. The van der Waals surface area contributed by atoms with Gasteiger partial charge in [0.05, 0.1) is 5.75 Å². The highest BCUT2D eigenvalue weighted by atomic mass is 32.2. The summed E-state index contributed by atoms with van der Waals surface area (Å²) in [5, 5.41) is 8.11. The lowest BCUT2D eigenvalue weighted by molar-refractivity contribution is 0.439. The molecular weight excluding hydrogens is 500 g/mol. The molecule has 3 aromatic rings. The molecule has 2 aromatic carbocycles. The quantitative estimate of drug-likeness (QED) is 0.303. The van der Waals surface area contributed by atoms with Gasteiger partial charge in [0.2, 0.25) is 10.0 Å². The van der Waals surface area contributed by atoms with Gasteiger partial charge in [0, 0.05) is 53.5 Å². The largest absolute Gasteiger partial charge is 0.454 e. The van der Waals surface area contributed by atoms with Crippen molar-refractivity contribution in [2.75, 3.05) is 10.5 Å². The highest BCUT2D eigenvalue weighted by Crippen LogP contribution is 2.38. The van der Waals surface area contributed by atoms with Crippen LogP contribution in [0.15, 0.2) is 47.4 Å². The average molecular weight is 532 g/mol. The van der Waals surface area contributed by atoms with Crippen LogP contribution in [0.5, 0.6) is 11.5 Å². The van der Waals surface area contributed by atoms with Crippen molar-refractivity contribution in [3.05, 3.63) is 75.7 Å². The number of rotatable bonds is 11. The molecule has 1 heterocycles. The van der Waals surface area contributed by atoms with Gasteiger partial charge in [-0.25, -0.2) is 17.2 Å². The van der Waals surface area contributed by atoms with Gasteiger partial charge in [-0.2, -0.15) is 0 Å². The third-order valence-corrected chi connectivity index (χ3v) is 7.21. The molecule has 0 atom stereocenters. The zero-order valence-corrected chi connectivity index (χ0v) is 22.1. The normalized spacial score (nSPS) is 11.5. The molecule has 0 saturated carbocycles. The van der Waals surface area contributed by atoms with Crippen LogP contribution < -0.4 is 15.0 Å². The summed E-state index contributed by atoms with van der Waals surface area (Å²) in [6.45, 7) is 5.68. The summed E-state index contributed by atoms with van der Waals surface area (Å²) in [4.78, 5) is 13.0. The number of aromatic nitrogens is 1. The fourth-order valence-corrected chi connectivity index (χ4v) is 4.57. The van der Waals surface area contributed by atoms with E-state index in [1.165, 1.54) is 35.9 Å². The predicted molar refractivity (Wildman–Crippen MR) is 142 cm³/mol. The molecule has 2 N–H and O–H groups in total. The summed E-state index contributed by atoms with van der Waals surface area (Å²) in [6, 6.07) is 7.34. The Morgan fingerprint density at radius 1 is 1.11 bits per heavy atom. The van der Waals surface area contributed by atoms with E-state index in [0.29, 0.717) is 40.7 Å². The summed E-state index contributed by atoms with van der Waals surface area (Å²) in [5.41, 5.74) is 1.59. The van der Waals surface area contributed by atoms with Crippen LogP contribution in [0.3, 0.4) is 0 Å². The van der Waals surface area contributed by atoms with Crippen LogP contribution in [-0.2, 0) is 23.5 Å². The molecule has 7 nitrogen and oxygen atoms in total. The van der Waals surface area contributed by atoms with E-state index >= 15 is 0 Å². The third-order valence-electron chi connectivity index (χ3n) is 5.91. The van der Waals surface area contributed by atoms with Crippen LogP contribution in [0.4, 0.5) is 14.5 Å². The van der Waals surface area contributed by atoms with E-state index in [-0.39, 0.29) is 28.5 Å². The SMILES string of the molecule is CCS(=O)(=O)Nc1ccc(Oc2ccc(F)cc2F)c(-c2cn(C)c(=O)c(CCCC(C)C)c2C=N)c1. The Hall–Kier alpha value is -3.53. The Morgan fingerprint density at radius 2 is 1.81 bits per heavy atom. The fraction of sp³-hybridized carbons (Fsp3) is 0.333. The lowest BCUT2D eigenvalue weighted by atomic mass is 9.94. The Labute approximate surface area is 215 Å². The van der Waals surface area contributed by atoms with E-state index in [0.717, 1.165) is 31.2 Å². The highest BCUT2D eigenvalue weighted by molar-refractivity contribution is 7.92. The van der Waals surface area contributed by atoms with Gasteiger partial charge >= 0.3 is 0 Å². The second kappa shape index (κ2) is 11.7. The number of benzene rings is 2. The molecule has 37 heavy (non-hydrogen) atoms. The zero-order chi connectivity index (χ0) is 27.3. The van der Waals surface area contributed by atoms with Gasteiger partial charge in [-0.15, -0.1) is 0 Å². The second-order valence-electron chi connectivity index (χ2n) is 9.17. The molecule has 1 aromatic heterocycles. The van der Waals surface area contributed by atoms with Crippen molar-refractivity contribution in [1.82, 2.24) is 4.57 Å². The van der Waals surface area contributed by atoms with Gasteiger partial charge in [0.15, 0.2) is 11.6 Å². The van der Waals surface area contributed by atoms with E-state index in [1.54, 1.807) is 7.05 Å². The molecule has 0 radical (unpaired) electrons. The Morgan fingerprint density at radius 3 is 2.43 bits per heavy atom. The standard InChI is InChI=1S/C27H31F2N3O4S/c1-5-37(34,35)31-19-10-12-25(36-26-11-9-18(28)13-24(26)29)21(14-19)23-16-32(4)27(33)20(22(23)15-30)8-6-7-17(2)3/h9-17,30-31H,5-8H2,1-4H3. The van der Waals surface area contributed by atoms with E-state index in [4.69, 9.17) is 10.1 Å². The van der Waals surface area contributed by atoms with Gasteiger partial charge in [-0.05, 0) is 56.0 Å². The monoisotopic (exact) mass is 531 g/mol. The summed E-state index contributed by atoms with van der Waals surface area (Å²) >= 11 is 0.